The molecule has 6 heteroatoms. The predicted octanol–water partition coefficient (Wildman–Crippen LogP) is 0.382. The Morgan fingerprint density at radius 2 is 2.19 bits per heavy atom. The molecule has 2 rings (SSSR count). The van der Waals surface area contributed by atoms with E-state index in [0.29, 0.717) is 11.7 Å². The third kappa shape index (κ3) is 4.00. The first kappa shape index (κ1) is 12.7. The molecule has 1 aliphatic carbocycles. The summed E-state index contributed by atoms with van der Waals surface area (Å²) >= 11 is 0. The van der Waals surface area contributed by atoms with Crippen LogP contribution in [-0.2, 0) is 4.79 Å². The zero-order chi connectivity index (χ0) is 12.0. The monoisotopic (exact) mass is 226 g/mol. The summed E-state index contributed by atoms with van der Waals surface area (Å²) in [5.41, 5.74) is 11.2. The smallest absolute Gasteiger partial charge is 0.326 e. The second-order valence-corrected chi connectivity index (χ2v) is 3.87. The number of hydrogen-bond donors (Lipinski definition) is 4. The second kappa shape index (κ2) is 6.24. The van der Waals surface area contributed by atoms with Crippen LogP contribution in [0.25, 0.3) is 0 Å². The van der Waals surface area contributed by atoms with E-state index >= 15 is 0 Å². The minimum Gasteiger partial charge on any atom is -0.480 e. The lowest BCUT2D eigenvalue weighted by Crippen LogP contribution is -2.20. The van der Waals surface area contributed by atoms with Crippen LogP contribution in [0.15, 0.2) is 12.5 Å². The van der Waals surface area contributed by atoms with Crippen molar-refractivity contribution in [2.75, 3.05) is 0 Å². The molecule has 1 aromatic rings. The van der Waals surface area contributed by atoms with E-state index in [4.69, 9.17) is 16.6 Å². The summed E-state index contributed by atoms with van der Waals surface area (Å²) in [6.07, 6.45) is 8.03. The molecule has 1 unspecified atom stereocenters. The summed E-state index contributed by atoms with van der Waals surface area (Å²) in [5, 5.41) is 8.38. The van der Waals surface area contributed by atoms with Gasteiger partial charge in [0, 0.05) is 6.04 Å². The van der Waals surface area contributed by atoms with Crippen LogP contribution >= 0.6 is 0 Å². The molecule has 16 heavy (non-hydrogen) atoms. The van der Waals surface area contributed by atoms with Gasteiger partial charge in [-0.15, -0.1) is 0 Å². The van der Waals surface area contributed by atoms with Crippen molar-refractivity contribution in [3.8, 4) is 0 Å². The maximum absolute atomic E-state index is 10.2. The average molecular weight is 226 g/mol. The van der Waals surface area contributed by atoms with E-state index in [1.165, 1.54) is 38.2 Å². The number of carboxylic acids is 1. The summed E-state index contributed by atoms with van der Waals surface area (Å²) in [4.78, 5) is 16.5. The van der Waals surface area contributed by atoms with Crippen LogP contribution in [0.2, 0.25) is 0 Å². The van der Waals surface area contributed by atoms with Crippen LogP contribution in [0.4, 0.5) is 0 Å². The highest BCUT2D eigenvalue weighted by atomic mass is 16.4. The number of carbonyl (C=O) groups is 1. The molecule has 6 nitrogen and oxygen atoms in total. The quantitative estimate of drug-likeness (QED) is 0.581. The molecule has 0 aliphatic heterocycles. The fourth-order valence-electron chi connectivity index (χ4n) is 1.53. The highest BCUT2D eigenvalue weighted by Crippen LogP contribution is 2.14. The fourth-order valence-corrected chi connectivity index (χ4v) is 1.53. The Morgan fingerprint density at radius 1 is 1.56 bits per heavy atom. The Bertz CT molecular complexity index is 307. The zero-order valence-electron chi connectivity index (χ0n) is 9.10. The number of aliphatic carboxylic acids is 1. The molecule has 1 aliphatic rings. The van der Waals surface area contributed by atoms with Gasteiger partial charge in [0.05, 0.1) is 18.2 Å². The first-order valence-corrected chi connectivity index (χ1v) is 5.33. The molecule has 0 radical (unpaired) electrons. The summed E-state index contributed by atoms with van der Waals surface area (Å²) in [7, 11) is 0. The fraction of sp³-hybridized carbons (Fsp3) is 0.600. The van der Waals surface area contributed by atoms with Gasteiger partial charge in [0.15, 0.2) is 0 Å². The summed E-state index contributed by atoms with van der Waals surface area (Å²) < 4.78 is 0. The zero-order valence-corrected chi connectivity index (χ0v) is 9.10. The van der Waals surface area contributed by atoms with E-state index < -0.39 is 12.0 Å². The first-order valence-electron chi connectivity index (χ1n) is 5.33. The molecule has 1 heterocycles. The van der Waals surface area contributed by atoms with Gasteiger partial charge in [0.2, 0.25) is 0 Å². The lowest BCUT2D eigenvalue weighted by molar-refractivity contribution is -0.138. The Morgan fingerprint density at radius 3 is 2.50 bits per heavy atom. The number of aromatic nitrogens is 2. The largest absolute Gasteiger partial charge is 0.480 e. The van der Waals surface area contributed by atoms with Crippen LogP contribution in [0.1, 0.15) is 37.4 Å². The van der Waals surface area contributed by atoms with Crippen LogP contribution in [0.3, 0.4) is 0 Å². The van der Waals surface area contributed by atoms with Crippen LogP contribution in [0.5, 0.6) is 0 Å². The average Bonchev–Trinajstić information content (AvgIpc) is 2.89. The minimum absolute atomic E-state index is 0.410. The molecule has 1 fully saturated rings. The predicted molar refractivity (Wildman–Crippen MR) is 59.6 cm³/mol. The molecule has 1 aromatic heterocycles. The van der Waals surface area contributed by atoms with E-state index in [1.54, 1.807) is 0 Å². The van der Waals surface area contributed by atoms with Crippen LogP contribution < -0.4 is 11.5 Å². The molecule has 1 saturated carbocycles. The third-order valence-corrected chi connectivity index (χ3v) is 2.52. The van der Waals surface area contributed by atoms with Gasteiger partial charge in [0.25, 0.3) is 0 Å². The van der Waals surface area contributed by atoms with Crippen molar-refractivity contribution in [2.45, 2.75) is 37.8 Å². The van der Waals surface area contributed by atoms with Gasteiger partial charge in [-0.2, -0.15) is 0 Å². The first-order chi connectivity index (χ1) is 7.61. The third-order valence-electron chi connectivity index (χ3n) is 2.52. The number of nitrogens with two attached hydrogens (primary N) is 2. The summed E-state index contributed by atoms with van der Waals surface area (Å²) in [5.74, 6) is -1.07. The maximum atomic E-state index is 10.2. The summed E-state index contributed by atoms with van der Waals surface area (Å²) in [6.45, 7) is 0. The molecule has 90 valence electrons. The number of rotatable bonds is 2. The van der Waals surface area contributed by atoms with Crippen molar-refractivity contribution in [3.05, 3.63) is 18.2 Å². The Labute approximate surface area is 94.1 Å². The molecular weight excluding hydrogens is 208 g/mol. The van der Waals surface area contributed by atoms with Crippen molar-refractivity contribution in [2.24, 2.45) is 11.5 Å². The van der Waals surface area contributed by atoms with Crippen molar-refractivity contribution >= 4 is 5.97 Å². The SMILES string of the molecule is NC(C(=O)O)c1cnc[nH]1.NC1CCCC1. The van der Waals surface area contributed by atoms with Crippen LogP contribution in [-0.4, -0.2) is 27.1 Å². The number of carboxylic acid groups (broad SMARTS) is 1. The van der Waals surface area contributed by atoms with Gasteiger partial charge in [-0.1, -0.05) is 12.8 Å². The Hall–Kier alpha value is -1.40. The molecule has 0 saturated heterocycles. The van der Waals surface area contributed by atoms with E-state index in [-0.39, 0.29) is 0 Å². The van der Waals surface area contributed by atoms with Gasteiger partial charge >= 0.3 is 5.97 Å². The number of imidazole rings is 1. The van der Waals surface area contributed by atoms with Crippen molar-refractivity contribution in [3.63, 3.8) is 0 Å². The van der Waals surface area contributed by atoms with Gasteiger partial charge in [-0.3, -0.25) is 4.79 Å². The number of H-pyrrole nitrogens is 1. The topological polar surface area (TPSA) is 118 Å². The lowest BCUT2D eigenvalue weighted by Gasteiger charge is -2.00. The maximum Gasteiger partial charge on any atom is 0.326 e. The highest BCUT2D eigenvalue weighted by Gasteiger charge is 2.14. The van der Waals surface area contributed by atoms with Crippen molar-refractivity contribution in [1.29, 1.82) is 0 Å². The molecule has 6 N–H and O–H groups in total. The molecule has 1 atom stereocenters. The van der Waals surface area contributed by atoms with Crippen molar-refractivity contribution in [1.82, 2.24) is 9.97 Å². The standard InChI is InChI=1S/C5H7N3O2.C5H11N/c6-4(5(9)10)3-1-7-2-8-3;6-5-3-1-2-4-5/h1-2,4H,6H2,(H,7,8)(H,9,10);5H,1-4,6H2. The molecule has 0 bridgehead atoms. The molecule has 0 spiro atoms. The Balaban J connectivity index is 0.000000181. The number of aromatic amines is 1. The normalized spacial score (nSPS) is 17.6. The van der Waals surface area contributed by atoms with Gasteiger partial charge in [-0.25, -0.2) is 4.98 Å². The van der Waals surface area contributed by atoms with Gasteiger partial charge in [0.1, 0.15) is 6.04 Å². The molecule has 0 amide bonds. The van der Waals surface area contributed by atoms with Crippen LogP contribution in [0, 0.1) is 0 Å². The highest BCUT2D eigenvalue weighted by molar-refractivity contribution is 5.74. The molecule has 0 aromatic carbocycles. The van der Waals surface area contributed by atoms with Gasteiger partial charge in [-0.05, 0) is 12.8 Å². The van der Waals surface area contributed by atoms with Gasteiger partial charge < -0.3 is 21.6 Å². The Kier molecular flexibility index (Phi) is 4.94. The summed E-state index contributed by atoms with van der Waals surface area (Å²) in [6, 6.07) is -0.451. The van der Waals surface area contributed by atoms with E-state index in [1.807, 2.05) is 0 Å². The lowest BCUT2D eigenvalue weighted by atomic mass is 10.2. The molecular formula is C10H18N4O2. The number of hydrogen-bond acceptors (Lipinski definition) is 4. The van der Waals surface area contributed by atoms with E-state index in [9.17, 15) is 4.79 Å². The number of nitrogens with zero attached hydrogens (tertiary/aromatic N) is 1. The minimum atomic E-state index is -1.07. The second-order valence-electron chi connectivity index (χ2n) is 3.87. The van der Waals surface area contributed by atoms with E-state index in [2.05, 4.69) is 9.97 Å². The number of nitrogens with one attached hydrogen (secondary N) is 1. The van der Waals surface area contributed by atoms with E-state index in [0.717, 1.165) is 0 Å². The van der Waals surface area contributed by atoms with Crippen molar-refractivity contribution < 1.29 is 9.90 Å².